The van der Waals surface area contributed by atoms with E-state index in [1.165, 1.54) is 0 Å². The zero-order valence-corrected chi connectivity index (χ0v) is 15.3. The molecule has 0 bridgehead atoms. The summed E-state index contributed by atoms with van der Waals surface area (Å²) in [5, 5.41) is 4.48. The number of benzene rings is 2. The van der Waals surface area contributed by atoms with Crippen molar-refractivity contribution in [1.29, 1.82) is 0 Å². The maximum Gasteiger partial charge on any atom is 0.161 e. The average Bonchev–Trinajstić information content (AvgIpc) is 2.49. The van der Waals surface area contributed by atoms with Crippen molar-refractivity contribution >= 4 is 44.8 Å². The van der Waals surface area contributed by atoms with Crippen LogP contribution in [0, 0.1) is 0 Å². The van der Waals surface area contributed by atoms with E-state index in [0.29, 0.717) is 34.7 Å². The van der Waals surface area contributed by atoms with Crippen LogP contribution in [0.1, 0.15) is 12.5 Å². The summed E-state index contributed by atoms with van der Waals surface area (Å²) in [6.07, 6.45) is 0. The Labute approximate surface area is 148 Å². The monoisotopic (exact) mass is 403 g/mol. The second kappa shape index (κ2) is 7.95. The number of rotatable bonds is 6. The lowest BCUT2D eigenvalue weighted by molar-refractivity contribution is 0.310. The third-order valence-corrected chi connectivity index (χ3v) is 4.32. The van der Waals surface area contributed by atoms with Gasteiger partial charge in [-0.25, -0.2) is 0 Å². The predicted octanol–water partition coefficient (Wildman–Crippen LogP) is 5.78. The van der Waals surface area contributed by atoms with E-state index in [2.05, 4.69) is 21.2 Å². The van der Waals surface area contributed by atoms with E-state index in [-0.39, 0.29) is 0 Å². The molecule has 3 nitrogen and oxygen atoms in total. The van der Waals surface area contributed by atoms with E-state index in [9.17, 15) is 0 Å². The minimum atomic E-state index is 0.577. The lowest BCUT2D eigenvalue weighted by atomic mass is 10.2. The molecular weight excluding hydrogens is 389 g/mol. The zero-order valence-electron chi connectivity index (χ0n) is 12.3. The van der Waals surface area contributed by atoms with Gasteiger partial charge >= 0.3 is 0 Å². The first kappa shape index (κ1) is 17.3. The van der Waals surface area contributed by atoms with Crippen LogP contribution in [0.4, 0.5) is 5.69 Å². The third kappa shape index (κ3) is 4.22. The van der Waals surface area contributed by atoms with E-state index in [1.54, 1.807) is 19.2 Å². The molecule has 0 saturated heterocycles. The van der Waals surface area contributed by atoms with E-state index in [1.807, 2.05) is 25.1 Å². The Hall–Kier alpha value is -1.10. The van der Waals surface area contributed by atoms with E-state index in [0.717, 1.165) is 15.7 Å². The maximum absolute atomic E-state index is 6.16. The number of methoxy groups -OCH3 is 1. The van der Waals surface area contributed by atoms with Crippen LogP contribution in [-0.2, 0) is 6.54 Å². The van der Waals surface area contributed by atoms with Gasteiger partial charge in [-0.05, 0) is 42.8 Å². The molecule has 6 heteroatoms. The minimum Gasteiger partial charge on any atom is -0.493 e. The van der Waals surface area contributed by atoms with Crippen LogP contribution >= 0.6 is 39.1 Å². The summed E-state index contributed by atoms with van der Waals surface area (Å²) in [4.78, 5) is 0. The van der Waals surface area contributed by atoms with Crippen molar-refractivity contribution in [2.75, 3.05) is 19.0 Å². The van der Waals surface area contributed by atoms with Crippen LogP contribution < -0.4 is 14.8 Å². The molecule has 0 atom stereocenters. The van der Waals surface area contributed by atoms with Crippen LogP contribution in [0.15, 0.2) is 34.8 Å². The third-order valence-electron chi connectivity index (χ3n) is 3.03. The molecule has 0 unspecified atom stereocenters. The van der Waals surface area contributed by atoms with Gasteiger partial charge in [-0.3, -0.25) is 0 Å². The fraction of sp³-hybridized carbons (Fsp3) is 0.250. The molecule has 2 aromatic carbocycles. The van der Waals surface area contributed by atoms with E-state index < -0.39 is 0 Å². The summed E-state index contributed by atoms with van der Waals surface area (Å²) < 4.78 is 11.9. The fourth-order valence-corrected chi connectivity index (χ4v) is 2.90. The standard InChI is InChI=1S/C16H16BrCl2NO2/c1-3-22-16-6-10(12(17)8-15(16)21-2)9-20-14-5-4-11(18)7-13(14)19/h4-8,20H,3,9H2,1-2H3. The molecule has 0 aliphatic heterocycles. The summed E-state index contributed by atoms with van der Waals surface area (Å²) in [6, 6.07) is 9.20. The minimum absolute atomic E-state index is 0.577. The van der Waals surface area contributed by atoms with Crippen molar-refractivity contribution in [3.63, 3.8) is 0 Å². The van der Waals surface area contributed by atoms with E-state index in [4.69, 9.17) is 32.7 Å². The van der Waals surface area contributed by atoms with Crippen molar-refractivity contribution < 1.29 is 9.47 Å². The number of hydrogen-bond donors (Lipinski definition) is 1. The summed E-state index contributed by atoms with van der Waals surface area (Å²) >= 11 is 15.6. The van der Waals surface area contributed by atoms with Gasteiger partial charge in [0.2, 0.25) is 0 Å². The van der Waals surface area contributed by atoms with Gasteiger partial charge < -0.3 is 14.8 Å². The van der Waals surface area contributed by atoms with Gasteiger partial charge in [-0.15, -0.1) is 0 Å². The molecule has 0 radical (unpaired) electrons. The molecule has 2 aromatic rings. The van der Waals surface area contributed by atoms with Crippen LogP contribution in [0.3, 0.4) is 0 Å². The Kier molecular flexibility index (Phi) is 6.24. The van der Waals surface area contributed by atoms with Gasteiger partial charge in [0.05, 0.1) is 24.4 Å². The second-order valence-electron chi connectivity index (χ2n) is 4.51. The van der Waals surface area contributed by atoms with Crippen LogP contribution in [0.25, 0.3) is 0 Å². The lowest BCUT2D eigenvalue weighted by Crippen LogP contribution is -2.03. The Morgan fingerprint density at radius 3 is 2.55 bits per heavy atom. The molecule has 2 rings (SSSR count). The largest absolute Gasteiger partial charge is 0.493 e. The Bertz CT molecular complexity index is 665. The van der Waals surface area contributed by atoms with Crippen LogP contribution in [0.5, 0.6) is 11.5 Å². The Balaban J connectivity index is 2.20. The van der Waals surface area contributed by atoms with Crippen molar-refractivity contribution in [2.24, 2.45) is 0 Å². The fourth-order valence-electron chi connectivity index (χ4n) is 1.96. The topological polar surface area (TPSA) is 30.5 Å². The lowest BCUT2D eigenvalue weighted by Gasteiger charge is -2.14. The number of hydrogen-bond acceptors (Lipinski definition) is 3. The summed E-state index contributed by atoms with van der Waals surface area (Å²) in [5.74, 6) is 1.41. The highest BCUT2D eigenvalue weighted by Gasteiger charge is 2.10. The number of halogens is 3. The maximum atomic E-state index is 6.16. The smallest absolute Gasteiger partial charge is 0.161 e. The number of anilines is 1. The summed E-state index contributed by atoms with van der Waals surface area (Å²) in [6.45, 7) is 3.10. The number of nitrogens with one attached hydrogen (secondary N) is 1. The molecule has 0 aliphatic rings. The highest BCUT2D eigenvalue weighted by atomic mass is 79.9. The van der Waals surface area contributed by atoms with Crippen LogP contribution in [0.2, 0.25) is 10.0 Å². The van der Waals surface area contributed by atoms with Gasteiger partial charge in [-0.1, -0.05) is 39.1 Å². The molecule has 0 spiro atoms. The van der Waals surface area contributed by atoms with Crippen molar-refractivity contribution in [1.82, 2.24) is 0 Å². The molecule has 22 heavy (non-hydrogen) atoms. The van der Waals surface area contributed by atoms with Crippen molar-refractivity contribution in [2.45, 2.75) is 13.5 Å². The zero-order chi connectivity index (χ0) is 16.1. The molecular formula is C16H16BrCl2NO2. The average molecular weight is 405 g/mol. The molecule has 0 amide bonds. The normalized spacial score (nSPS) is 10.4. The van der Waals surface area contributed by atoms with E-state index >= 15 is 0 Å². The van der Waals surface area contributed by atoms with Crippen molar-refractivity contribution in [3.05, 3.63) is 50.4 Å². The highest BCUT2D eigenvalue weighted by molar-refractivity contribution is 9.10. The Morgan fingerprint density at radius 1 is 1.14 bits per heavy atom. The molecule has 0 saturated carbocycles. The second-order valence-corrected chi connectivity index (χ2v) is 6.20. The number of ether oxygens (including phenoxy) is 2. The van der Waals surface area contributed by atoms with Crippen molar-refractivity contribution in [3.8, 4) is 11.5 Å². The van der Waals surface area contributed by atoms with Crippen LogP contribution in [-0.4, -0.2) is 13.7 Å². The Morgan fingerprint density at radius 2 is 1.91 bits per heavy atom. The van der Waals surface area contributed by atoms with Gasteiger partial charge in [0.15, 0.2) is 11.5 Å². The molecule has 0 heterocycles. The predicted molar refractivity (Wildman–Crippen MR) is 95.7 cm³/mol. The van der Waals surface area contributed by atoms with Gasteiger partial charge in [0.1, 0.15) is 0 Å². The molecule has 0 aliphatic carbocycles. The quantitative estimate of drug-likeness (QED) is 0.662. The summed E-state index contributed by atoms with van der Waals surface area (Å²) in [7, 11) is 1.62. The molecule has 1 N–H and O–H groups in total. The first-order chi connectivity index (χ1) is 10.5. The molecule has 118 valence electrons. The summed E-state index contributed by atoms with van der Waals surface area (Å²) in [5.41, 5.74) is 1.86. The highest BCUT2D eigenvalue weighted by Crippen LogP contribution is 2.34. The SMILES string of the molecule is CCOc1cc(CNc2ccc(Cl)cc2Cl)c(Br)cc1OC. The molecule has 0 fully saturated rings. The van der Waals surface area contributed by atoms with Gasteiger partial charge in [0, 0.05) is 16.0 Å². The van der Waals surface area contributed by atoms with Gasteiger partial charge in [-0.2, -0.15) is 0 Å². The molecule has 0 aromatic heterocycles. The first-order valence-electron chi connectivity index (χ1n) is 6.73. The first-order valence-corrected chi connectivity index (χ1v) is 8.28. The van der Waals surface area contributed by atoms with Gasteiger partial charge in [0.25, 0.3) is 0 Å².